The van der Waals surface area contributed by atoms with Crippen LogP contribution >= 0.6 is 0 Å². The van der Waals surface area contributed by atoms with Crippen molar-refractivity contribution in [2.75, 3.05) is 26.2 Å². The molecule has 1 atom stereocenters. The molecular weight excluding hydrogens is 478 g/mol. The van der Waals surface area contributed by atoms with Crippen LogP contribution in [0.3, 0.4) is 0 Å². The number of carbonyl (C=O) groups is 2. The van der Waals surface area contributed by atoms with Gasteiger partial charge in [-0.25, -0.2) is 4.79 Å². The molecule has 1 aliphatic carbocycles. The Kier molecular flexibility index (Phi) is 7.75. The van der Waals surface area contributed by atoms with Crippen molar-refractivity contribution in [2.45, 2.75) is 32.2 Å². The Balaban J connectivity index is 1.56. The second-order valence-corrected chi connectivity index (χ2v) is 9.76. The second-order valence-electron chi connectivity index (χ2n) is 9.76. The third-order valence-corrected chi connectivity index (χ3v) is 7.09. The monoisotopic (exact) mass is 511 g/mol. The molecule has 1 saturated heterocycles. The highest BCUT2D eigenvalue weighted by molar-refractivity contribution is 6.02. The number of aliphatic carboxylic acids is 1. The van der Waals surface area contributed by atoms with Gasteiger partial charge in [-0.05, 0) is 56.0 Å². The number of nitrogens with one attached hydrogen (secondary N) is 1. The lowest BCUT2D eigenvalue weighted by Crippen LogP contribution is -2.54. The molecule has 1 aromatic heterocycles. The number of carboxylic acid groups (broad SMARTS) is 1. The lowest BCUT2D eigenvalue weighted by Gasteiger charge is -2.36. The van der Waals surface area contributed by atoms with Gasteiger partial charge < -0.3 is 24.6 Å². The van der Waals surface area contributed by atoms with E-state index in [0.717, 1.165) is 55.0 Å². The van der Waals surface area contributed by atoms with Gasteiger partial charge in [0.25, 0.3) is 5.91 Å². The van der Waals surface area contributed by atoms with Gasteiger partial charge in [-0.15, -0.1) is 0 Å². The van der Waals surface area contributed by atoms with Crippen molar-refractivity contribution in [3.63, 3.8) is 0 Å². The lowest BCUT2D eigenvalue weighted by molar-refractivity contribution is -0.139. The maximum atomic E-state index is 14.3. The number of nitrogens with zero attached hydrogens (tertiary/aromatic N) is 2. The van der Waals surface area contributed by atoms with Crippen LogP contribution in [0, 0.1) is 6.92 Å². The Morgan fingerprint density at radius 1 is 1.11 bits per heavy atom. The van der Waals surface area contributed by atoms with Gasteiger partial charge >= 0.3 is 5.97 Å². The molecule has 1 fully saturated rings. The normalized spacial score (nSPS) is 17.2. The number of benzene rings is 2. The molecule has 2 N–H and O–H groups in total. The topological polar surface area (TPSA) is 83.8 Å². The molecule has 2 heterocycles. The zero-order valence-corrected chi connectivity index (χ0v) is 21.6. The van der Waals surface area contributed by atoms with E-state index in [1.807, 2.05) is 54.3 Å². The van der Waals surface area contributed by atoms with E-state index in [0.29, 0.717) is 17.9 Å². The Morgan fingerprint density at radius 2 is 1.95 bits per heavy atom. The van der Waals surface area contributed by atoms with Crippen LogP contribution in [0.4, 0.5) is 0 Å². The van der Waals surface area contributed by atoms with Gasteiger partial charge in [0.15, 0.2) is 6.61 Å². The molecule has 0 unspecified atom stereocenters. The quantitative estimate of drug-likeness (QED) is 0.455. The Labute approximate surface area is 223 Å². The van der Waals surface area contributed by atoms with E-state index in [9.17, 15) is 9.59 Å². The Hall–Kier alpha value is -4.10. The summed E-state index contributed by atoms with van der Waals surface area (Å²) < 4.78 is 7.65. The molecule has 2 aromatic carbocycles. The SMILES string of the molecule is Cc1cc(C(=O)N2CCNC[C@H]2Cc2ccccc2)c(-c2cccc(OCC(=O)O)c2)n1C1=CC=CCC1. The maximum absolute atomic E-state index is 14.3. The average molecular weight is 512 g/mol. The minimum Gasteiger partial charge on any atom is -0.482 e. The fraction of sp³-hybridized carbons (Fsp3) is 0.290. The Bertz CT molecular complexity index is 1370. The Morgan fingerprint density at radius 3 is 2.71 bits per heavy atom. The van der Waals surface area contributed by atoms with Crippen LogP contribution in [0.5, 0.6) is 5.75 Å². The van der Waals surface area contributed by atoms with Gasteiger partial charge in [0, 0.05) is 42.6 Å². The first-order chi connectivity index (χ1) is 18.5. The molecule has 38 heavy (non-hydrogen) atoms. The smallest absolute Gasteiger partial charge is 0.341 e. The molecule has 1 aliphatic heterocycles. The highest BCUT2D eigenvalue weighted by Crippen LogP contribution is 2.35. The number of rotatable bonds is 8. The minimum atomic E-state index is -1.03. The maximum Gasteiger partial charge on any atom is 0.341 e. The van der Waals surface area contributed by atoms with Crippen molar-refractivity contribution in [1.82, 2.24) is 14.8 Å². The third-order valence-electron chi connectivity index (χ3n) is 7.09. The van der Waals surface area contributed by atoms with Crippen LogP contribution in [0.15, 0.2) is 78.9 Å². The van der Waals surface area contributed by atoms with E-state index in [-0.39, 0.29) is 11.9 Å². The van der Waals surface area contributed by atoms with E-state index in [1.54, 1.807) is 6.07 Å². The highest BCUT2D eigenvalue weighted by Gasteiger charge is 2.31. The van der Waals surface area contributed by atoms with Crippen LogP contribution in [-0.4, -0.2) is 58.7 Å². The van der Waals surface area contributed by atoms with Crippen LogP contribution < -0.4 is 10.1 Å². The first-order valence-corrected chi connectivity index (χ1v) is 13.1. The first kappa shape index (κ1) is 25.5. The van der Waals surface area contributed by atoms with Crippen LogP contribution in [0.2, 0.25) is 0 Å². The zero-order valence-electron chi connectivity index (χ0n) is 21.6. The number of allylic oxidation sites excluding steroid dienone is 4. The predicted octanol–water partition coefficient (Wildman–Crippen LogP) is 4.77. The number of carbonyl (C=O) groups excluding carboxylic acids is 1. The van der Waals surface area contributed by atoms with E-state index in [2.05, 4.69) is 40.2 Å². The molecule has 7 nitrogen and oxygen atoms in total. The molecule has 1 amide bonds. The summed E-state index contributed by atoms with van der Waals surface area (Å²) in [6.45, 7) is 3.73. The van der Waals surface area contributed by atoms with Gasteiger partial charge in [0.05, 0.1) is 11.3 Å². The first-order valence-electron chi connectivity index (χ1n) is 13.1. The van der Waals surface area contributed by atoms with Crippen molar-refractivity contribution < 1.29 is 19.4 Å². The highest BCUT2D eigenvalue weighted by atomic mass is 16.5. The van der Waals surface area contributed by atoms with Gasteiger partial charge in [0.2, 0.25) is 0 Å². The van der Waals surface area contributed by atoms with E-state index in [4.69, 9.17) is 9.84 Å². The molecule has 0 radical (unpaired) electrons. The summed E-state index contributed by atoms with van der Waals surface area (Å²) in [6, 6.07) is 19.7. The molecule has 5 rings (SSSR count). The summed E-state index contributed by atoms with van der Waals surface area (Å²) >= 11 is 0. The molecule has 3 aromatic rings. The zero-order chi connectivity index (χ0) is 26.5. The number of aryl methyl sites for hydroxylation is 1. The fourth-order valence-corrected chi connectivity index (χ4v) is 5.36. The summed E-state index contributed by atoms with van der Waals surface area (Å²) in [5.41, 5.74) is 5.58. The minimum absolute atomic E-state index is 0.00749. The van der Waals surface area contributed by atoms with Crippen molar-refractivity contribution >= 4 is 17.6 Å². The predicted molar refractivity (Wildman–Crippen MR) is 148 cm³/mol. The van der Waals surface area contributed by atoms with Crippen molar-refractivity contribution in [1.29, 1.82) is 0 Å². The van der Waals surface area contributed by atoms with Gasteiger partial charge in [0.1, 0.15) is 5.75 Å². The van der Waals surface area contributed by atoms with Crippen LogP contribution in [-0.2, 0) is 11.2 Å². The number of piperazine rings is 1. The fourth-order valence-electron chi connectivity index (χ4n) is 5.36. The van der Waals surface area contributed by atoms with E-state index < -0.39 is 12.6 Å². The molecule has 196 valence electrons. The molecule has 0 saturated carbocycles. The van der Waals surface area contributed by atoms with E-state index in [1.165, 1.54) is 5.56 Å². The number of aromatic nitrogens is 1. The molecule has 7 heteroatoms. The summed E-state index contributed by atoms with van der Waals surface area (Å²) in [6.07, 6.45) is 8.88. The van der Waals surface area contributed by atoms with Gasteiger partial charge in [-0.3, -0.25) is 4.79 Å². The van der Waals surface area contributed by atoms with Crippen molar-refractivity contribution in [3.8, 4) is 17.0 Å². The number of hydrogen-bond acceptors (Lipinski definition) is 4. The largest absolute Gasteiger partial charge is 0.482 e. The molecule has 0 spiro atoms. The average Bonchev–Trinajstić information content (AvgIpc) is 3.30. The molecular formula is C31H33N3O4. The third kappa shape index (κ3) is 5.58. The number of hydrogen-bond donors (Lipinski definition) is 2. The summed E-state index contributed by atoms with van der Waals surface area (Å²) in [5, 5.41) is 12.5. The van der Waals surface area contributed by atoms with Crippen LogP contribution in [0.1, 0.15) is 34.5 Å². The number of carboxylic acids is 1. The number of ether oxygens (including phenoxy) is 1. The second kappa shape index (κ2) is 11.5. The molecule has 0 bridgehead atoms. The van der Waals surface area contributed by atoms with Gasteiger partial charge in [-0.1, -0.05) is 54.6 Å². The summed E-state index contributed by atoms with van der Waals surface area (Å²) in [7, 11) is 0. The summed E-state index contributed by atoms with van der Waals surface area (Å²) in [4.78, 5) is 27.4. The van der Waals surface area contributed by atoms with Crippen molar-refractivity contribution in [2.24, 2.45) is 0 Å². The van der Waals surface area contributed by atoms with Crippen LogP contribution in [0.25, 0.3) is 17.0 Å². The van der Waals surface area contributed by atoms with E-state index >= 15 is 0 Å². The van der Waals surface area contributed by atoms with Crippen molar-refractivity contribution in [3.05, 3.63) is 95.7 Å². The standard InChI is InChI=1S/C31H33N3O4/c1-22-17-28(31(37)33-16-15-32-20-26(33)18-23-9-4-2-5-10-23)30(34(22)25-12-6-3-7-13-25)24-11-8-14-27(19-24)38-21-29(35)36/h2-6,8-12,14,17,19,26,32H,7,13,15-16,18,20-21H2,1H3,(H,35,36)/t26-/m1/s1. The lowest BCUT2D eigenvalue weighted by atomic mass is 10.0. The summed E-state index contributed by atoms with van der Waals surface area (Å²) in [5.74, 6) is -0.573. The number of amides is 1. The van der Waals surface area contributed by atoms with Gasteiger partial charge in [-0.2, -0.15) is 0 Å². The molecule has 2 aliphatic rings.